The van der Waals surface area contributed by atoms with Crippen molar-refractivity contribution in [3.8, 4) is 0 Å². The van der Waals surface area contributed by atoms with Crippen molar-refractivity contribution in [2.75, 3.05) is 11.6 Å². The van der Waals surface area contributed by atoms with Gasteiger partial charge in [0.25, 0.3) is 0 Å². The van der Waals surface area contributed by atoms with Crippen LogP contribution in [-0.4, -0.2) is 12.2 Å². The molecule has 0 unspecified atom stereocenters. The minimum absolute atomic E-state index is 0.0954. The molecule has 0 fully saturated rings. The van der Waals surface area contributed by atoms with Crippen molar-refractivity contribution in [2.45, 2.75) is 24.2 Å². The maximum Gasteiger partial charge on any atom is 0.224 e. The van der Waals surface area contributed by atoms with Crippen LogP contribution in [0.3, 0.4) is 0 Å². The summed E-state index contributed by atoms with van der Waals surface area (Å²) in [6.07, 6.45) is 4.46. The third-order valence-electron chi connectivity index (χ3n) is 2.79. The molecule has 0 saturated heterocycles. The molecule has 1 aromatic heterocycles. The van der Waals surface area contributed by atoms with Gasteiger partial charge in [-0.15, -0.1) is 23.1 Å². The first-order valence-corrected chi connectivity index (χ1v) is 8.35. The van der Waals surface area contributed by atoms with Gasteiger partial charge < -0.3 is 5.32 Å². The molecule has 1 aromatic carbocycles. The van der Waals surface area contributed by atoms with E-state index in [-0.39, 0.29) is 5.91 Å². The van der Waals surface area contributed by atoms with Gasteiger partial charge in [0, 0.05) is 16.2 Å². The largest absolute Gasteiger partial charge is 0.325 e. The summed E-state index contributed by atoms with van der Waals surface area (Å²) in [5.41, 5.74) is 0.913. The molecule has 1 N–H and O–H groups in total. The number of aryl methyl sites for hydroxylation is 1. The number of hydrogen-bond donors (Lipinski definition) is 1. The van der Waals surface area contributed by atoms with E-state index in [2.05, 4.69) is 22.8 Å². The number of hydrogen-bond acceptors (Lipinski definition) is 3. The molecule has 0 atom stereocenters. The van der Waals surface area contributed by atoms with Gasteiger partial charge in [0.1, 0.15) is 0 Å². The van der Waals surface area contributed by atoms with Crippen LogP contribution in [0.4, 0.5) is 5.69 Å². The molecule has 0 spiro atoms. The van der Waals surface area contributed by atoms with Crippen LogP contribution >= 0.6 is 23.1 Å². The average molecular weight is 291 g/mol. The zero-order valence-corrected chi connectivity index (χ0v) is 12.5. The molecular formula is C15H17NOS2. The fourth-order valence-electron chi connectivity index (χ4n) is 1.84. The van der Waals surface area contributed by atoms with Gasteiger partial charge in [-0.05, 0) is 42.7 Å². The van der Waals surface area contributed by atoms with Crippen LogP contribution in [-0.2, 0) is 11.2 Å². The summed E-state index contributed by atoms with van der Waals surface area (Å²) < 4.78 is 0. The second-order valence-corrected chi connectivity index (χ2v) is 6.06. The lowest BCUT2D eigenvalue weighted by Crippen LogP contribution is -2.12. The molecule has 0 saturated carbocycles. The predicted octanol–water partition coefficient (Wildman–Crippen LogP) is 4.43. The summed E-state index contributed by atoms with van der Waals surface area (Å²) in [5, 5.41) is 5.06. The lowest BCUT2D eigenvalue weighted by atomic mass is 10.2. The number of thioether (sulfide) groups is 1. The van der Waals surface area contributed by atoms with Crippen molar-refractivity contribution in [3.63, 3.8) is 0 Å². The number of thiophene rings is 1. The average Bonchev–Trinajstić information content (AvgIpc) is 2.92. The third kappa shape index (κ3) is 4.40. The van der Waals surface area contributed by atoms with Crippen LogP contribution in [0.25, 0.3) is 0 Å². The van der Waals surface area contributed by atoms with Gasteiger partial charge in [-0.25, -0.2) is 0 Å². The van der Waals surface area contributed by atoms with Crippen molar-refractivity contribution in [1.82, 2.24) is 0 Å². The minimum atomic E-state index is 0.0954. The van der Waals surface area contributed by atoms with Crippen LogP contribution in [0, 0.1) is 0 Å². The van der Waals surface area contributed by atoms with Crippen molar-refractivity contribution in [3.05, 3.63) is 46.7 Å². The highest BCUT2D eigenvalue weighted by atomic mass is 32.2. The SMILES string of the molecule is CSc1ccccc1NC(=O)CCCc1cccs1. The van der Waals surface area contributed by atoms with Gasteiger partial charge in [-0.1, -0.05) is 18.2 Å². The Labute approximate surface area is 122 Å². The zero-order valence-electron chi connectivity index (χ0n) is 10.9. The normalized spacial score (nSPS) is 10.4. The molecule has 2 rings (SSSR count). The van der Waals surface area contributed by atoms with Crippen molar-refractivity contribution in [1.29, 1.82) is 0 Å². The topological polar surface area (TPSA) is 29.1 Å². The molecule has 0 aliphatic carbocycles. The van der Waals surface area contributed by atoms with Crippen molar-refractivity contribution < 1.29 is 4.79 Å². The second kappa shape index (κ2) is 7.36. The Hall–Kier alpha value is -1.26. The molecule has 4 heteroatoms. The van der Waals surface area contributed by atoms with E-state index in [0.717, 1.165) is 23.4 Å². The van der Waals surface area contributed by atoms with Gasteiger partial charge in [0.05, 0.1) is 5.69 Å². The lowest BCUT2D eigenvalue weighted by Gasteiger charge is -2.08. The standard InChI is InChI=1S/C15H17NOS2/c1-18-14-9-3-2-8-13(14)16-15(17)10-4-6-12-7-5-11-19-12/h2-3,5,7-9,11H,4,6,10H2,1H3,(H,16,17). The molecule has 0 aliphatic rings. The Morgan fingerprint density at radius 3 is 2.84 bits per heavy atom. The molecule has 1 amide bonds. The van der Waals surface area contributed by atoms with Gasteiger partial charge in [-0.3, -0.25) is 4.79 Å². The van der Waals surface area contributed by atoms with Crippen LogP contribution in [0.5, 0.6) is 0 Å². The van der Waals surface area contributed by atoms with Gasteiger partial charge in [-0.2, -0.15) is 0 Å². The molecule has 1 heterocycles. The van der Waals surface area contributed by atoms with E-state index in [1.807, 2.05) is 30.5 Å². The van der Waals surface area contributed by atoms with Crippen LogP contribution in [0.2, 0.25) is 0 Å². The monoisotopic (exact) mass is 291 g/mol. The van der Waals surface area contributed by atoms with Gasteiger partial charge >= 0.3 is 0 Å². The molecule has 0 bridgehead atoms. The Kier molecular flexibility index (Phi) is 5.48. The molecule has 0 aliphatic heterocycles. The Balaban J connectivity index is 1.80. The highest BCUT2D eigenvalue weighted by molar-refractivity contribution is 7.98. The van der Waals surface area contributed by atoms with E-state index in [9.17, 15) is 4.79 Å². The number of anilines is 1. The summed E-state index contributed by atoms with van der Waals surface area (Å²) in [7, 11) is 0. The number of amides is 1. The summed E-state index contributed by atoms with van der Waals surface area (Å²) in [5.74, 6) is 0.0954. The Morgan fingerprint density at radius 1 is 1.26 bits per heavy atom. The summed E-state index contributed by atoms with van der Waals surface area (Å²) in [6, 6.07) is 12.1. The van der Waals surface area contributed by atoms with Crippen LogP contribution in [0.1, 0.15) is 17.7 Å². The molecule has 2 nitrogen and oxygen atoms in total. The van der Waals surface area contributed by atoms with E-state index in [0.29, 0.717) is 6.42 Å². The zero-order chi connectivity index (χ0) is 13.5. The van der Waals surface area contributed by atoms with Crippen LogP contribution < -0.4 is 5.32 Å². The maximum absolute atomic E-state index is 11.9. The molecule has 0 radical (unpaired) electrons. The smallest absolute Gasteiger partial charge is 0.224 e. The Morgan fingerprint density at radius 2 is 2.11 bits per heavy atom. The first-order valence-electron chi connectivity index (χ1n) is 6.25. The van der Waals surface area contributed by atoms with E-state index >= 15 is 0 Å². The van der Waals surface area contributed by atoms with Crippen molar-refractivity contribution >= 4 is 34.7 Å². The number of benzene rings is 1. The minimum Gasteiger partial charge on any atom is -0.325 e. The number of rotatable bonds is 6. The highest BCUT2D eigenvalue weighted by Gasteiger charge is 2.06. The van der Waals surface area contributed by atoms with Crippen LogP contribution in [0.15, 0.2) is 46.7 Å². The fraction of sp³-hybridized carbons (Fsp3) is 0.267. The maximum atomic E-state index is 11.9. The quantitative estimate of drug-likeness (QED) is 0.798. The first-order chi connectivity index (χ1) is 9.29. The predicted molar refractivity (Wildman–Crippen MR) is 84.1 cm³/mol. The molecule has 2 aromatic rings. The number of carbonyl (C=O) groups is 1. The van der Waals surface area contributed by atoms with E-state index in [1.165, 1.54) is 4.88 Å². The number of nitrogens with one attached hydrogen (secondary N) is 1. The third-order valence-corrected chi connectivity index (χ3v) is 4.52. The molecule has 100 valence electrons. The van der Waals surface area contributed by atoms with Gasteiger partial charge in [0.2, 0.25) is 5.91 Å². The summed E-state index contributed by atoms with van der Waals surface area (Å²) in [4.78, 5) is 14.3. The summed E-state index contributed by atoms with van der Waals surface area (Å²) in [6.45, 7) is 0. The highest BCUT2D eigenvalue weighted by Crippen LogP contribution is 2.24. The second-order valence-electron chi connectivity index (χ2n) is 4.18. The molecular weight excluding hydrogens is 274 g/mol. The van der Waals surface area contributed by atoms with E-state index in [4.69, 9.17) is 0 Å². The van der Waals surface area contributed by atoms with Crippen molar-refractivity contribution in [2.24, 2.45) is 0 Å². The Bertz CT molecular complexity index is 523. The van der Waals surface area contributed by atoms with E-state index in [1.54, 1.807) is 23.1 Å². The van der Waals surface area contributed by atoms with Gasteiger partial charge in [0.15, 0.2) is 0 Å². The van der Waals surface area contributed by atoms with E-state index < -0.39 is 0 Å². The number of para-hydroxylation sites is 1. The lowest BCUT2D eigenvalue weighted by molar-refractivity contribution is -0.116. The number of carbonyl (C=O) groups excluding carboxylic acids is 1. The molecule has 19 heavy (non-hydrogen) atoms. The first kappa shape index (κ1) is 14.2. The summed E-state index contributed by atoms with van der Waals surface area (Å²) >= 11 is 3.40. The fourth-order valence-corrected chi connectivity index (χ4v) is 3.14.